The van der Waals surface area contributed by atoms with E-state index < -0.39 is 6.43 Å². The van der Waals surface area contributed by atoms with E-state index in [1.54, 1.807) is 41.2 Å². The van der Waals surface area contributed by atoms with Crippen molar-refractivity contribution in [1.29, 1.82) is 0 Å². The maximum atomic E-state index is 12.6. The number of pyridine rings is 1. The van der Waals surface area contributed by atoms with Gasteiger partial charge in [0.25, 0.3) is 0 Å². The van der Waals surface area contributed by atoms with Gasteiger partial charge in [0.05, 0.1) is 21.5 Å². The lowest BCUT2D eigenvalue weighted by atomic mass is 10.2. The molecule has 0 spiro atoms. The maximum Gasteiger partial charge on any atom is 0.248 e. The Hall–Kier alpha value is -1.70. The van der Waals surface area contributed by atoms with Gasteiger partial charge in [0.15, 0.2) is 11.0 Å². The van der Waals surface area contributed by atoms with Crippen molar-refractivity contribution < 1.29 is 8.78 Å². The fourth-order valence-electron chi connectivity index (χ4n) is 2.04. The van der Waals surface area contributed by atoms with Crippen LogP contribution in [0.1, 0.15) is 0 Å². The van der Waals surface area contributed by atoms with Crippen LogP contribution in [0.4, 0.5) is 8.78 Å². The fraction of sp³-hybridized carbons (Fsp3) is 0.133. The van der Waals surface area contributed by atoms with Crippen LogP contribution < -0.4 is 0 Å². The van der Waals surface area contributed by atoms with Crippen molar-refractivity contribution >= 4 is 35.0 Å². The quantitative estimate of drug-likeness (QED) is 0.579. The summed E-state index contributed by atoms with van der Waals surface area (Å²) in [5, 5.41) is 9.25. The molecule has 0 unspecified atom stereocenters. The molecule has 4 nitrogen and oxygen atoms in total. The molecule has 124 valence electrons. The third-order valence-corrected chi connectivity index (χ3v) is 4.73. The Morgan fingerprint density at radius 1 is 1.12 bits per heavy atom. The summed E-state index contributed by atoms with van der Waals surface area (Å²) >= 11 is 13.0. The van der Waals surface area contributed by atoms with Gasteiger partial charge in [-0.1, -0.05) is 35.0 Å². The molecule has 3 rings (SSSR count). The van der Waals surface area contributed by atoms with E-state index in [1.165, 1.54) is 0 Å². The van der Waals surface area contributed by atoms with E-state index in [0.717, 1.165) is 11.8 Å². The SMILES string of the molecule is FC(F)CSc1nnc(-c2cccnc2)n1-c1ccc(Cl)c(Cl)c1. The molecule has 2 aromatic heterocycles. The van der Waals surface area contributed by atoms with Gasteiger partial charge >= 0.3 is 0 Å². The smallest absolute Gasteiger partial charge is 0.248 e. The number of alkyl halides is 2. The second kappa shape index (κ2) is 7.46. The zero-order valence-electron chi connectivity index (χ0n) is 12.0. The molecule has 0 atom stereocenters. The van der Waals surface area contributed by atoms with Gasteiger partial charge in [0, 0.05) is 18.0 Å². The van der Waals surface area contributed by atoms with Gasteiger partial charge in [-0.2, -0.15) is 0 Å². The maximum absolute atomic E-state index is 12.6. The highest BCUT2D eigenvalue weighted by molar-refractivity contribution is 7.99. The number of aromatic nitrogens is 4. The van der Waals surface area contributed by atoms with Gasteiger partial charge in [-0.25, -0.2) is 8.78 Å². The second-order valence-corrected chi connectivity index (χ2v) is 6.49. The first-order valence-electron chi connectivity index (χ1n) is 6.78. The van der Waals surface area contributed by atoms with Crippen molar-refractivity contribution in [2.75, 3.05) is 5.75 Å². The van der Waals surface area contributed by atoms with Crippen LogP contribution in [0.5, 0.6) is 0 Å². The van der Waals surface area contributed by atoms with Gasteiger partial charge in [-0.3, -0.25) is 9.55 Å². The predicted octanol–water partition coefficient (Wildman–Crippen LogP) is 4.99. The fourth-order valence-corrected chi connectivity index (χ4v) is 3.03. The minimum Gasteiger partial charge on any atom is -0.270 e. The van der Waals surface area contributed by atoms with E-state index in [9.17, 15) is 8.78 Å². The average Bonchev–Trinajstić information content (AvgIpc) is 3.00. The normalized spacial score (nSPS) is 11.2. The number of rotatable bonds is 5. The van der Waals surface area contributed by atoms with Crippen LogP contribution in [0.15, 0.2) is 47.9 Å². The molecule has 1 aromatic carbocycles. The summed E-state index contributed by atoms with van der Waals surface area (Å²) < 4.78 is 26.8. The van der Waals surface area contributed by atoms with Crippen molar-refractivity contribution in [1.82, 2.24) is 19.7 Å². The zero-order chi connectivity index (χ0) is 17.1. The van der Waals surface area contributed by atoms with E-state index in [1.807, 2.05) is 6.07 Å². The third kappa shape index (κ3) is 3.68. The summed E-state index contributed by atoms with van der Waals surface area (Å²) in [6, 6.07) is 8.57. The minimum atomic E-state index is -2.45. The highest BCUT2D eigenvalue weighted by atomic mass is 35.5. The molecule has 2 heterocycles. The largest absolute Gasteiger partial charge is 0.270 e. The molecule has 0 saturated carbocycles. The van der Waals surface area contributed by atoms with Crippen LogP contribution >= 0.6 is 35.0 Å². The lowest BCUT2D eigenvalue weighted by Crippen LogP contribution is -2.02. The summed E-state index contributed by atoms with van der Waals surface area (Å²) in [7, 11) is 0. The molecule has 0 aliphatic rings. The van der Waals surface area contributed by atoms with Crippen LogP contribution in [0.3, 0.4) is 0 Å². The van der Waals surface area contributed by atoms with Crippen LogP contribution in [0, 0.1) is 0 Å². The molecular formula is C15H10Cl2F2N4S. The Labute approximate surface area is 150 Å². The Morgan fingerprint density at radius 3 is 2.62 bits per heavy atom. The Kier molecular flexibility index (Phi) is 5.33. The van der Waals surface area contributed by atoms with Crippen LogP contribution in [0.2, 0.25) is 10.0 Å². The topological polar surface area (TPSA) is 43.6 Å². The molecule has 0 aliphatic heterocycles. The Bertz CT molecular complexity index is 843. The first-order valence-corrected chi connectivity index (χ1v) is 8.52. The number of hydrogen-bond donors (Lipinski definition) is 0. The minimum absolute atomic E-state index is 0.340. The lowest BCUT2D eigenvalue weighted by Gasteiger charge is -2.11. The summed E-state index contributed by atoms with van der Waals surface area (Å²) in [6.07, 6.45) is 0.811. The lowest BCUT2D eigenvalue weighted by molar-refractivity contribution is 0.176. The number of benzene rings is 1. The number of hydrogen-bond acceptors (Lipinski definition) is 4. The van der Waals surface area contributed by atoms with E-state index in [2.05, 4.69) is 15.2 Å². The molecule has 3 aromatic rings. The molecule has 0 N–H and O–H groups in total. The molecular weight excluding hydrogens is 377 g/mol. The third-order valence-electron chi connectivity index (χ3n) is 3.05. The molecule has 0 amide bonds. The highest BCUT2D eigenvalue weighted by Gasteiger charge is 2.18. The summed E-state index contributed by atoms with van der Waals surface area (Å²) in [4.78, 5) is 4.06. The van der Waals surface area contributed by atoms with E-state index in [0.29, 0.717) is 32.3 Å². The average molecular weight is 387 g/mol. The summed E-state index contributed by atoms with van der Waals surface area (Å²) in [6.45, 7) is 0. The molecule has 0 radical (unpaired) electrons. The van der Waals surface area contributed by atoms with E-state index in [4.69, 9.17) is 23.2 Å². The van der Waals surface area contributed by atoms with Gasteiger partial charge in [0.2, 0.25) is 6.43 Å². The molecule has 0 aliphatic carbocycles. The first-order chi connectivity index (χ1) is 11.6. The van der Waals surface area contributed by atoms with Gasteiger partial charge in [0.1, 0.15) is 0 Å². The zero-order valence-corrected chi connectivity index (χ0v) is 14.4. The molecule has 9 heteroatoms. The van der Waals surface area contributed by atoms with Crippen LogP contribution in [-0.2, 0) is 0 Å². The predicted molar refractivity (Wildman–Crippen MR) is 91.3 cm³/mol. The first kappa shape index (κ1) is 17.1. The highest BCUT2D eigenvalue weighted by Crippen LogP contribution is 2.31. The summed E-state index contributed by atoms with van der Waals surface area (Å²) in [5.41, 5.74) is 1.34. The van der Waals surface area contributed by atoms with E-state index in [-0.39, 0.29) is 5.75 Å². The number of thioether (sulfide) groups is 1. The van der Waals surface area contributed by atoms with Gasteiger partial charge in [-0.05, 0) is 30.3 Å². The molecule has 0 saturated heterocycles. The molecule has 0 fully saturated rings. The second-order valence-electron chi connectivity index (χ2n) is 4.68. The number of halogens is 4. The van der Waals surface area contributed by atoms with Crippen LogP contribution in [0.25, 0.3) is 17.1 Å². The Morgan fingerprint density at radius 2 is 1.96 bits per heavy atom. The van der Waals surface area contributed by atoms with Crippen molar-refractivity contribution in [2.45, 2.75) is 11.6 Å². The number of nitrogens with zero attached hydrogens (tertiary/aromatic N) is 4. The van der Waals surface area contributed by atoms with Crippen molar-refractivity contribution in [3.05, 3.63) is 52.8 Å². The van der Waals surface area contributed by atoms with Crippen molar-refractivity contribution in [2.24, 2.45) is 0 Å². The van der Waals surface area contributed by atoms with Gasteiger partial charge in [-0.15, -0.1) is 10.2 Å². The van der Waals surface area contributed by atoms with Crippen molar-refractivity contribution in [3.8, 4) is 17.1 Å². The summed E-state index contributed by atoms with van der Waals surface area (Å²) in [5.74, 6) is 0.102. The van der Waals surface area contributed by atoms with Gasteiger partial charge < -0.3 is 0 Å². The van der Waals surface area contributed by atoms with Crippen LogP contribution in [-0.4, -0.2) is 31.9 Å². The van der Waals surface area contributed by atoms with E-state index >= 15 is 0 Å². The Balaban J connectivity index is 2.12. The standard InChI is InChI=1S/C15H10Cl2F2N4S/c16-11-4-3-10(6-12(11)17)23-14(9-2-1-5-20-7-9)21-22-15(23)24-8-13(18)19/h1-7,13H,8H2. The molecule has 0 bridgehead atoms. The van der Waals surface area contributed by atoms with Crippen molar-refractivity contribution in [3.63, 3.8) is 0 Å². The monoisotopic (exact) mass is 386 g/mol. The molecule has 24 heavy (non-hydrogen) atoms.